The monoisotopic (exact) mass is 205 g/mol. The Hall–Kier alpha value is -1.35. The first-order valence-electron chi connectivity index (χ1n) is 5.21. The Morgan fingerprint density at radius 2 is 2.27 bits per heavy atom. The van der Waals surface area contributed by atoms with Crippen molar-refractivity contribution >= 4 is 11.6 Å². The van der Waals surface area contributed by atoms with Gasteiger partial charge in [0.05, 0.1) is 12.5 Å². The van der Waals surface area contributed by atoms with Crippen LogP contribution in [0.5, 0.6) is 0 Å². The standard InChI is InChI=1S/C12H15NO2/c1-3-11(14)8-4-5-10-9(6-8)7-12(15)13(10)2/h4-6,11,14H,3,7H2,1-2H3. The van der Waals surface area contributed by atoms with Crippen molar-refractivity contribution in [3.63, 3.8) is 0 Å². The molecule has 1 aliphatic heterocycles. The molecule has 1 atom stereocenters. The van der Waals surface area contributed by atoms with Crippen molar-refractivity contribution in [2.75, 3.05) is 11.9 Å². The smallest absolute Gasteiger partial charge is 0.231 e. The maximum Gasteiger partial charge on any atom is 0.231 e. The van der Waals surface area contributed by atoms with Crippen molar-refractivity contribution < 1.29 is 9.90 Å². The van der Waals surface area contributed by atoms with Crippen LogP contribution in [0.2, 0.25) is 0 Å². The van der Waals surface area contributed by atoms with E-state index >= 15 is 0 Å². The second-order valence-electron chi connectivity index (χ2n) is 3.94. The van der Waals surface area contributed by atoms with E-state index < -0.39 is 6.10 Å². The van der Waals surface area contributed by atoms with Crippen LogP contribution < -0.4 is 4.90 Å². The molecule has 1 unspecified atom stereocenters. The number of carbonyl (C=O) groups is 1. The van der Waals surface area contributed by atoms with Gasteiger partial charge < -0.3 is 10.0 Å². The molecular weight excluding hydrogens is 190 g/mol. The number of aliphatic hydroxyl groups is 1. The summed E-state index contributed by atoms with van der Waals surface area (Å²) in [5.41, 5.74) is 2.89. The quantitative estimate of drug-likeness (QED) is 0.797. The van der Waals surface area contributed by atoms with Gasteiger partial charge in [0, 0.05) is 12.7 Å². The van der Waals surface area contributed by atoms with E-state index in [1.807, 2.05) is 25.1 Å². The maximum atomic E-state index is 11.4. The molecule has 80 valence electrons. The molecule has 1 amide bonds. The number of anilines is 1. The summed E-state index contributed by atoms with van der Waals surface area (Å²) < 4.78 is 0. The summed E-state index contributed by atoms with van der Waals surface area (Å²) in [6, 6.07) is 5.74. The van der Waals surface area contributed by atoms with Crippen LogP contribution in [-0.2, 0) is 11.2 Å². The zero-order valence-electron chi connectivity index (χ0n) is 9.03. The lowest BCUT2D eigenvalue weighted by Gasteiger charge is -2.12. The summed E-state index contributed by atoms with van der Waals surface area (Å²) in [6.45, 7) is 1.94. The summed E-state index contributed by atoms with van der Waals surface area (Å²) in [5.74, 6) is 0.119. The Balaban J connectivity index is 2.37. The number of benzene rings is 1. The minimum atomic E-state index is -0.420. The highest BCUT2D eigenvalue weighted by Gasteiger charge is 2.24. The van der Waals surface area contributed by atoms with E-state index in [4.69, 9.17) is 0 Å². The molecule has 0 aromatic heterocycles. The van der Waals surface area contributed by atoms with Crippen molar-refractivity contribution in [3.05, 3.63) is 29.3 Å². The van der Waals surface area contributed by atoms with Gasteiger partial charge in [-0.25, -0.2) is 0 Å². The Morgan fingerprint density at radius 3 is 2.93 bits per heavy atom. The lowest BCUT2D eigenvalue weighted by molar-refractivity contribution is -0.117. The number of likely N-dealkylation sites (N-methyl/N-ethyl adjacent to an activating group) is 1. The number of nitrogens with zero attached hydrogens (tertiary/aromatic N) is 1. The molecule has 2 rings (SSSR count). The van der Waals surface area contributed by atoms with Gasteiger partial charge in [-0.15, -0.1) is 0 Å². The first kappa shape index (κ1) is 10.2. The van der Waals surface area contributed by atoms with Gasteiger partial charge in [0.2, 0.25) is 5.91 Å². The first-order valence-corrected chi connectivity index (χ1v) is 5.21. The normalized spacial score (nSPS) is 16.7. The summed E-state index contributed by atoms with van der Waals surface area (Å²) in [4.78, 5) is 13.1. The van der Waals surface area contributed by atoms with Crippen LogP contribution in [0.1, 0.15) is 30.6 Å². The molecule has 3 heteroatoms. The Morgan fingerprint density at radius 1 is 1.53 bits per heavy atom. The molecule has 0 fully saturated rings. The third-order valence-electron chi connectivity index (χ3n) is 2.95. The van der Waals surface area contributed by atoms with Crippen molar-refractivity contribution in [3.8, 4) is 0 Å². The molecule has 1 aromatic rings. The lowest BCUT2D eigenvalue weighted by Crippen LogP contribution is -2.20. The largest absolute Gasteiger partial charge is 0.388 e. The van der Waals surface area contributed by atoms with Crippen LogP contribution in [0.15, 0.2) is 18.2 Å². The van der Waals surface area contributed by atoms with Crippen molar-refractivity contribution in [2.24, 2.45) is 0 Å². The van der Waals surface area contributed by atoms with Gasteiger partial charge >= 0.3 is 0 Å². The highest BCUT2D eigenvalue weighted by molar-refractivity contribution is 6.00. The zero-order valence-corrected chi connectivity index (χ0v) is 9.03. The average Bonchev–Trinajstić information content (AvgIpc) is 2.53. The van der Waals surface area contributed by atoms with Gasteiger partial charge in [0.25, 0.3) is 0 Å². The molecule has 0 bridgehead atoms. The minimum Gasteiger partial charge on any atom is -0.388 e. The molecule has 1 aromatic carbocycles. The summed E-state index contributed by atoms with van der Waals surface area (Å²) in [6.07, 6.45) is 0.731. The van der Waals surface area contributed by atoms with Crippen LogP contribution in [0.25, 0.3) is 0 Å². The van der Waals surface area contributed by atoms with Crippen LogP contribution in [0, 0.1) is 0 Å². The van der Waals surface area contributed by atoms with E-state index in [1.54, 1.807) is 11.9 Å². The number of hydrogen-bond donors (Lipinski definition) is 1. The molecule has 1 aliphatic rings. The van der Waals surface area contributed by atoms with Crippen molar-refractivity contribution in [1.82, 2.24) is 0 Å². The maximum absolute atomic E-state index is 11.4. The fourth-order valence-corrected chi connectivity index (χ4v) is 1.93. The summed E-state index contributed by atoms with van der Waals surface area (Å²) >= 11 is 0. The van der Waals surface area contributed by atoms with E-state index in [-0.39, 0.29) is 5.91 Å². The second kappa shape index (κ2) is 3.66. The third-order valence-corrected chi connectivity index (χ3v) is 2.95. The third kappa shape index (κ3) is 1.63. The van der Waals surface area contributed by atoms with Crippen LogP contribution in [0.4, 0.5) is 5.69 Å². The molecule has 3 nitrogen and oxygen atoms in total. The van der Waals surface area contributed by atoms with Crippen molar-refractivity contribution in [1.29, 1.82) is 0 Å². The highest BCUT2D eigenvalue weighted by Crippen LogP contribution is 2.30. The zero-order chi connectivity index (χ0) is 11.0. The predicted octanol–water partition coefficient (Wildman–Crippen LogP) is 1.65. The van der Waals surface area contributed by atoms with Crippen LogP contribution in [0.3, 0.4) is 0 Å². The summed E-state index contributed by atoms with van der Waals surface area (Å²) in [5, 5.41) is 9.69. The van der Waals surface area contributed by atoms with E-state index in [0.717, 1.165) is 16.8 Å². The van der Waals surface area contributed by atoms with Gasteiger partial charge in [-0.2, -0.15) is 0 Å². The van der Waals surface area contributed by atoms with Gasteiger partial charge in [-0.05, 0) is 23.6 Å². The SMILES string of the molecule is CCC(O)c1ccc2c(c1)CC(=O)N2C. The number of hydrogen-bond acceptors (Lipinski definition) is 2. The molecular formula is C12H15NO2. The Labute approximate surface area is 89.3 Å². The molecule has 0 saturated carbocycles. The molecule has 15 heavy (non-hydrogen) atoms. The lowest BCUT2D eigenvalue weighted by atomic mass is 10.0. The van der Waals surface area contributed by atoms with E-state index in [2.05, 4.69) is 0 Å². The molecule has 0 spiro atoms. The van der Waals surface area contributed by atoms with Crippen molar-refractivity contribution in [2.45, 2.75) is 25.9 Å². The Bertz CT molecular complexity index is 401. The molecule has 0 aliphatic carbocycles. The van der Waals surface area contributed by atoms with Gasteiger partial charge in [0.15, 0.2) is 0 Å². The molecule has 1 N–H and O–H groups in total. The van der Waals surface area contributed by atoms with Gasteiger partial charge in [0.1, 0.15) is 0 Å². The second-order valence-corrected chi connectivity index (χ2v) is 3.94. The molecule has 0 saturated heterocycles. The summed E-state index contributed by atoms with van der Waals surface area (Å²) in [7, 11) is 1.78. The number of rotatable bonds is 2. The van der Waals surface area contributed by atoms with Crippen LogP contribution >= 0.6 is 0 Å². The molecule has 1 heterocycles. The fourth-order valence-electron chi connectivity index (χ4n) is 1.93. The number of fused-ring (bicyclic) bond motifs is 1. The average molecular weight is 205 g/mol. The Kier molecular flexibility index (Phi) is 2.49. The van der Waals surface area contributed by atoms with Gasteiger partial charge in [-0.1, -0.05) is 19.1 Å². The highest BCUT2D eigenvalue weighted by atomic mass is 16.3. The fraction of sp³-hybridized carbons (Fsp3) is 0.417. The number of amides is 1. The van der Waals surface area contributed by atoms with Crippen LogP contribution in [-0.4, -0.2) is 18.1 Å². The molecule has 0 radical (unpaired) electrons. The number of carbonyl (C=O) groups excluding carboxylic acids is 1. The van der Waals surface area contributed by atoms with E-state index in [0.29, 0.717) is 12.8 Å². The van der Waals surface area contributed by atoms with Gasteiger partial charge in [-0.3, -0.25) is 4.79 Å². The first-order chi connectivity index (χ1) is 7.13. The van der Waals surface area contributed by atoms with E-state index in [1.165, 1.54) is 0 Å². The minimum absolute atomic E-state index is 0.119. The number of aliphatic hydroxyl groups excluding tert-OH is 1. The topological polar surface area (TPSA) is 40.5 Å². The van der Waals surface area contributed by atoms with E-state index in [9.17, 15) is 9.90 Å². The predicted molar refractivity (Wildman–Crippen MR) is 58.8 cm³/mol.